The maximum absolute atomic E-state index is 12.7. The van der Waals surface area contributed by atoms with Crippen molar-refractivity contribution in [3.8, 4) is 16.3 Å². The first-order valence-corrected chi connectivity index (χ1v) is 8.97. The zero-order valence-electron chi connectivity index (χ0n) is 12.4. The van der Waals surface area contributed by atoms with Crippen molar-refractivity contribution in [3.63, 3.8) is 0 Å². The van der Waals surface area contributed by atoms with E-state index in [9.17, 15) is 4.79 Å². The molecule has 0 saturated carbocycles. The standard InChI is InChI=1S/C17H12N4OS2/c22-16(19-17-18-8-10-24-17)13-11-21(12-5-2-1-3-6-12)20-15(13)14-7-4-9-23-14/h1-11H,(H,18,19,22). The molecular formula is C17H12N4OS2. The quantitative estimate of drug-likeness (QED) is 0.595. The van der Waals surface area contributed by atoms with Crippen molar-refractivity contribution < 1.29 is 4.79 Å². The number of carbonyl (C=O) groups is 1. The van der Waals surface area contributed by atoms with Gasteiger partial charge in [-0.15, -0.1) is 22.7 Å². The Hall–Kier alpha value is -2.77. The largest absolute Gasteiger partial charge is 0.298 e. The van der Waals surface area contributed by atoms with Gasteiger partial charge in [0.1, 0.15) is 5.69 Å². The number of hydrogen-bond donors (Lipinski definition) is 1. The van der Waals surface area contributed by atoms with Gasteiger partial charge in [-0.3, -0.25) is 10.1 Å². The lowest BCUT2D eigenvalue weighted by Crippen LogP contribution is -2.11. The summed E-state index contributed by atoms with van der Waals surface area (Å²) >= 11 is 2.94. The number of anilines is 1. The number of benzene rings is 1. The van der Waals surface area contributed by atoms with E-state index < -0.39 is 0 Å². The monoisotopic (exact) mass is 352 g/mol. The van der Waals surface area contributed by atoms with Crippen molar-refractivity contribution in [3.05, 3.63) is 71.2 Å². The molecule has 0 bridgehead atoms. The molecule has 1 N–H and O–H groups in total. The molecule has 0 saturated heterocycles. The van der Waals surface area contributed by atoms with E-state index in [0.717, 1.165) is 10.6 Å². The van der Waals surface area contributed by atoms with Crippen LogP contribution in [0.25, 0.3) is 16.3 Å². The fraction of sp³-hybridized carbons (Fsp3) is 0. The van der Waals surface area contributed by atoms with Crippen LogP contribution in [0.3, 0.4) is 0 Å². The number of aromatic nitrogens is 3. The summed E-state index contributed by atoms with van der Waals surface area (Å²) in [6.07, 6.45) is 3.42. The van der Waals surface area contributed by atoms with Crippen molar-refractivity contribution in [1.82, 2.24) is 14.8 Å². The molecule has 0 spiro atoms. The Balaban J connectivity index is 1.76. The molecule has 1 amide bonds. The van der Waals surface area contributed by atoms with Crippen LogP contribution in [0.5, 0.6) is 0 Å². The van der Waals surface area contributed by atoms with Gasteiger partial charge in [-0.1, -0.05) is 24.3 Å². The predicted molar refractivity (Wildman–Crippen MR) is 96.9 cm³/mol. The Morgan fingerprint density at radius 1 is 1.04 bits per heavy atom. The second kappa shape index (κ2) is 6.38. The number of amides is 1. The highest BCUT2D eigenvalue weighted by Crippen LogP contribution is 2.28. The third-order valence-corrected chi connectivity index (χ3v) is 4.95. The van der Waals surface area contributed by atoms with Crippen LogP contribution in [0.1, 0.15) is 10.4 Å². The third kappa shape index (κ3) is 2.86. The van der Waals surface area contributed by atoms with Gasteiger partial charge in [0.15, 0.2) is 5.13 Å². The molecule has 5 nitrogen and oxygen atoms in total. The molecule has 118 valence electrons. The maximum atomic E-state index is 12.7. The molecule has 4 rings (SSSR count). The summed E-state index contributed by atoms with van der Waals surface area (Å²) in [5.41, 5.74) is 2.10. The van der Waals surface area contributed by atoms with E-state index in [4.69, 9.17) is 0 Å². The van der Waals surface area contributed by atoms with E-state index in [1.54, 1.807) is 28.4 Å². The number of rotatable bonds is 4. The van der Waals surface area contributed by atoms with Crippen LogP contribution in [0, 0.1) is 0 Å². The number of thiazole rings is 1. The summed E-state index contributed by atoms with van der Waals surface area (Å²) in [6.45, 7) is 0. The molecule has 0 fully saturated rings. The Morgan fingerprint density at radius 2 is 1.92 bits per heavy atom. The molecule has 0 radical (unpaired) electrons. The minimum Gasteiger partial charge on any atom is -0.298 e. The molecule has 0 aliphatic carbocycles. The summed E-state index contributed by atoms with van der Waals surface area (Å²) in [6, 6.07) is 13.6. The van der Waals surface area contributed by atoms with Crippen molar-refractivity contribution in [1.29, 1.82) is 0 Å². The van der Waals surface area contributed by atoms with E-state index in [1.165, 1.54) is 11.3 Å². The Labute approximate surface area is 146 Å². The number of para-hydroxylation sites is 1. The van der Waals surface area contributed by atoms with E-state index in [2.05, 4.69) is 15.4 Å². The molecule has 4 aromatic rings. The third-order valence-electron chi connectivity index (χ3n) is 3.39. The van der Waals surface area contributed by atoms with Gasteiger partial charge in [0.25, 0.3) is 5.91 Å². The Bertz CT molecular complexity index is 944. The van der Waals surface area contributed by atoms with Crippen molar-refractivity contribution in [2.45, 2.75) is 0 Å². The van der Waals surface area contributed by atoms with Gasteiger partial charge < -0.3 is 0 Å². The molecule has 24 heavy (non-hydrogen) atoms. The molecule has 3 aromatic heterocycles. The zero-order valence-corrected chi connectivity index (χ0v) is 14.1. The summed E-state index contributed by atoms with van der Waals surface area (Å²) in [4.78, 5) is 17.7. The molecule has 1 aromatic carbocycles. The van der Waals surface area contributed by atoms with Crippen LogP contribution in [0.2, 0.25) is 0 Å². The first kappa shape index (κ1) is 14.8. The average molecular weight is 352 g/mol. The van der Waals surface area contributed by atoms with Crippen LogP contribution in [0.15, 0.2) is 65.6 Å². The van der Waals surface area contributed by atoms with Gasteiger partial charge >= 0.3 is 0 Å². The first-order valence-electron chi connectivity index (χ1n) is 7.21. The van der Waals surface area contributed by atoms with Gasteiger partial charge in [-0.05, 0) is 23.6 Å². The fourth-order valence-electron chi connectivity index (χ4n) is 2.30. The van der Waals surface area contributed by atoms with E-state index in [-0.39, 0.29) is 5.91 Å². The van der Waals surface area contributed by atoms with E-state index in [1.807, 2.05) is 53.2 Å². The fourth-order valence-corrected chi connectivity index (χ4v) is 3.55. The second-order valence-electron chi connectivity index (χ2n) is 4.94. The van der Waals surface area contributed by atoms with E-state index in [0.29, 0.717) is 16.4 Å². The number of carbonyl (C=O) groups excluding carboxylic acids is 1. The van der Waals surface area contributed by atoms with Gasteiger partial charge in [0.2, 0.25) is 0 Å². The van der Waals surface area contributed by atoms with Gasteiger partial charge in [-0.25, -0.2) is 9.67 Å². The Kier molecular flexibility index (Phi) is 3.94. The molecule has 7 heteroatoms. The van der Waals surface area contributed by atoms with Gasteiger partial charge in [-0.2, -0.15) is 5.10 Å². The minimum absolute atomic E-state index is 0.212. The smallest absolute Gasteiger partial charge is 0.261 e. The van der Waals surface area contributed by atoms with Crippen LogP contribution in [-0.2, 0) is 0 Å². The summed E-state index contributed by atoms with van der Waals surface area (Å²) in [7, 11) is 0. The number of nitrogens with zero attached hydrogens (tertiary/aromatic N) is 3. The van der Waals surface area contributed by atoms with Crippen molar-refractivity contribution in [2.75, 3.05) is 5.32 Å². The first-order chi connectivity index (χ1) is 11.8. The second-order valence-corrected chi connectivity index (χ2v) is 6.78. The highest BCUT2D eigenvalue weighted by Gasteiger charge is 2.20. The highest BCUT2D eigenvalue weighted by molar-refractivity contribution is 7.14. The number of hydrogen-bond acceptors (Lipinski definition) is 5. The lowest BCUT2D eigenvalue weighted by atomic mass is 10.2. The van der Waals surface area contributed by atoms with Gasteiger partial charge in [0, 0.05) is 17.8 Å². The van der Waals surface area contributed by atoms with E-state index >= 15 is 0 Å². The minimum atomic E-state index is -0.212. The van der Waals surface area contributed by atoms with Crippen molar-refractivity contribution in [2.24, 2.45) is 0 Å². The van der Waals surface area contributed by atoms with Crippen LogP contribution in [-0.4, -0.2) is 20.7 Å². The predicted octanol–water partition coefficient (Wildman–Crippen LogP) is 4.31. The maximum Gasteiger partial charge on any atom is 0.261 e. The number of nitrogens with one attached hydrogen (secondary N) is 1. The van der Waals surface area contributed by atoms with Gasteiger partial charge in [0.05, 0.1) is 16.1 Å². The highest BCUT2D eigenvalue weighted by atomic mass is 32.1. The molecule has 0 aliphatic rings. The Morgan fingerprint density at radius 3 is 2.62 bits per heavy atom. The average Bonchev–Trinajstić information content (AvgIpc) is 3.36. The molecule has 3 heterocycles. The van der Waals surface area contributed by atoms with Crippen LogP contribution in [0.4, 0.5) is 5.13 Å². The molecular weight excluding hydrogens is 340 g/mol. The normalized spacial score (nSPS) is 10.7. The summed E-state index contributed by atoms with van der Waals surface area (Å²) < 4.78 is 1.73. The van der Waals surface area contributed by atoms with Crippen LogP contribution < -0.4 is 5.32 Å². The lowest BCUT2D eigenvalue weighted by molar-refractivity contribution is 0.102. The zero-order chi connectivity index (χ0) is 16.4. The molecule has 0 unspecified atom stereocenters. The molecule has 0 aliphatic heterocycles. The van der Waals surface area contributed by atoms with Crippen LogP contribution >= 0.6 is 22.7 Å². The lowest BCUT2D eigenvalue weighted by Gasteiger charge is -2.00. The SMILES string of the molecule is O=C(Nc1nccs1)c1cn(-c2ccccc2)nc1-c1cccs1. The summed E-state index contributed by atoms with van der Waals surface area (Å²) in [5, 5.41) is 11.8. The molecule has 0 atom stereocenters. The summed E-state index contributed by atoms with van der Waals surface area (Å²) in [5.74, 6) is -0.212. The number of thiophene rings is 1. The van der Waals surface area contributed by atoms with Crippen molar-refractivity contribution >= 4 is 33.7 Å². The topological polar surface area (TPSA) is 59.8 Å².